The maximum Gasteiger partial charge on any atom is 0.0570 e. The van der Waals surface area contributed by atoms with Gasteiger partial charge in [0.25, 0.3) is 0 Å². The summed E-state index contributed by atoms with van der Waals surface area (Å²) >= 11 is 0. The SMILES string of the molecule is OC1CC(N2CC(c3ccccc3)C2)C1. The number of nitrogens with zero attached hydrogens (tertiary/aromatic N) is 1. The molecule has 2 heteroatoms. The molecule has 1 N–H and O–H groups in total. The van der Waals surface area contributed by atoms with Gasteiger partial charge in [-0.3, -0.25) is 4.90 Å². The van der Waals surface area contributed by atoms with E-state index in [0.717, 1.165) is 18.8 Å². The fourth-order valence-corrected chi connectivity index (χ4v) is 2.60. The Bertz CT molecular complexity index is 326. The van der Waals surface area contributed by atoms with Crippen molar-refractivity contribution >= 4 is 0 Å². The van der Waals surface area contributed by atoms with Crippen LogP contribution in [0.2, 0.25) is 0 Å². The molecule has 1 aromatic rings. The number of hydrogen-bond donors (Lipinski definition) is 1. The van der Waals surface area contributed by atoms with Crippen LogP contribution in [0, 0.1) is 0 Å². The molecule has 1 saturated heterocycles. The number of aliphatic hydroxyl groups is 1. The highest BCUT2D eigenvalue weighted by Crippen LogP contribution is 2.35. The molecule has 1 aliphatic carbocycles. The smallest absolute Gasteiger partial charge is 0.0570 e. The topological polar surface area (TPSA) is 23.5 Å². The molecule has 3 rings (SSSR count). The summed E-state index contributed by atoms with van der Waals surface area (Å²) in [5.74, 6) is 0.726. The molecule has 2 nitrogen and oxygen atoms in total. The second kappa shape index (κ2) is 3.62. The van der Waals surface area contributed by atoms with Gasteiger partial charge in [0.15, 0.2) is 0 Å². The first-order valence-corrected chi connectivity index (χ1v) is 5.80. The van der Waals surface area contributed by atoms with Crippen molar-refractivity contribution in [3.05, 3.63) is 35.9 Å². The average Bonchev–Trinajstić information content (AvgIpc) is 2.14. The van der Waals surface area contributed by atoms with Crippen molar-refractivity contribution in [3.63, 3.8) is 0 Å². The van der Waals surface area contributed by atoms with Crippen LogP contribution in [-0.2, 0) is 0 Å². The quantitative estimate of drug-likeness (QED) is 0.789. The Balaban J connectivity index is 1.54. The fourth-order valence-electron chi connectivity index (χ4n) is 2.60. The molecular weight excluding hydrogens is 186 g/mol. The third kappa shape index (κ3) is 1.68. The second-order valence-corrected chi connectivity index (χ2v) is 4.84. The van der Waals surface area contributed by atoms with Crippen molar-refractivity contribution in [1.82, 2.24) is 4.90 Å². The first-order valence-electron chi connectivity index (χ1n) is 5.80. The van der Waals surface area contributed by atoms with E-state index in [4.69, 9.17) is 0 Å². The maximum atomic E-state index is 9.24. The van der Waals surface area contributed by atoms with E-state index in [1.807, 2.05) is 0 Å². The first kappa shape index (κ1) is 9.37. The van der Waals surface area contributed by atoms with E-state index in [1.54, 1.807) is 0 Å². The monoisotopic (exact) mass is 203 g/mol. The van der Waals surface area contributed by atoms with Gasteiger partial charge in [0.2, 0.25) is 0 Å². The van der Waals surface area contributed by atoms with Crippen molar-refractivity contribution in [2.45, 2.75) is 30.9 Å². The van der Waals surface area contributed by atoms with Gasteiger partial charge in [-0.25, -0.2) is 0 Å². The summed E-state index contributed by atoms with van der Waals surface area (Å²) in [4.78, 5) is 2.50. The third-order valence-electron chi connectivity index (χ3n) is 3.79. The normalized spacial score (nSPS) is 32.1. The zero-order chi connectivity index (χ0) is 10.3. The Labute approximate surface area is 90.5 Å². The first-order chi connectivity index (χ1) is 7.33. The molecule has 0 atom stereocenters. The van der Waals surface area contributed by atoms with Crippen molar-refractivity contribution in [2.24, 2.45) is 0 Å². The Kier molecular flexibility index (Phi) is 2.26. The number of likely N-dealkylation sites (tertiary alicyclic amines) is 1. The van der Waals surface area contributed by atoms with Gasteiger partial charge in [-0.05, 0) is 18.4 Å². The summed E-state index contributed by atoms with van der Waals surface area (Å²) in [6, 6.07) is 11.4. The van der Waals surface area contributed by atoms with Gasteiger partial charge in [-0.1, -0.05) is 30.3 Å². The van der Waals surface area contributed by atoms with Gasteiger partial charge >= 0.3 is 0 Å². The highest BCUT2D eigenvalue weighted by atomic mass is 16.3. The van der Waals surface area contributed by atoms with Gasteiger partial charge < -0.3 is 5.11 Å². The minimum Gasteiger partial charge on any atom is -0.393 e. The molecule has 1 saturated carbocycles. The van der Waals surface area contributed by atoms with Gasteiger partial charge in [-0.2, -0.15) is 0 Å². The lowest BCUT2D eigenvalue weighted by molar-refractivity contribution is -0.0321. The van der Waals surface area contributed by atoms with Crippen LogP contribution in [0.4, 0.5) is 0 Å². The number of rotatable bonds is 2. The number of benzene rings is 1. The largest absolute Gasteiger partial charge is 0.393 e. The van der Waals surface area contributed by atoms with Crippen LogP contribution in [0.5, 0.6) is 0 Å². The van der Waals surface area contributed by atoms with Crippen molar-refractivity contribution in [1.29, 1.82) is 0 Å². The lowest BCUT2D eigenvalue weighted by Crippen LogP contribution is -2.56. The van der Waals surface area contributed by atoms with Crippen LogP contribution in [0.15, 0.2) is 30.3 Å². The Morgan fingerprint density at radius 1 is 1.07 bits per heavy atom. The predicted molar refractivity (Wildman–Crippen MR) is 59.8 cm³/mol. The van der Waals surface area contributed by atoms with Crippen molar-refractivity contribution in [3.8, 4) is 0 Å². The standard InChI is InChI=1S/C13H17NO/c15-13-6-12(7-13)14-8-11(9-14)10-4-2-1-3-5-10/h1-5,11-13,15H,6-9H2. The Morgan fingerprint density at radius 3 is 2.33 bits per heavy atom. The fraction of sp³-hybridized carbons (Fsp3) is 0.538. The minimum atomic E-state index is -0.0224. The van der Waals surface area contributed by atoms with E-state index in [9.17, 15) is 5.11 Å². The summed E-state index contributed by atoms with van der Waals surface area (Å²) in [5, 5.41) is 9.24. The summed E-state index contributed by atoms with van der Waals surface area (Å²) in [7, 11) is 0. The summed E-state index contributed by atoms with van der Waals surface area (Å²) < 4.78 is 0. The van der Waals surface area contributed by atoms with Gasteiger partial charge in [0.05, 0.1) is 6.10 Å². The summed E-state index contributed by atoms with van der Waals surface area (Å²) in [5.41, 5.74) is 1.47. The van der Waals surface area contributed by atoms with E-state index in [-0.39, 0.29) is 6.10 Å². The highest BCUT2D eigenvalue weighted by molar-refractivity contribution is 5.23. The van der Waals surface area contributed by atoms with Crippen LogP contribution >= 0.6 is 0 Å². The number of aliphatic hydroxyl groups excluding tert-OH is 1. The Hall–Kier alpha value is -0.860. The lowest BCUT2D eigenvalue weighted by atomic mass is 9.82. The average molecular weight is 203 g/mol. The van der Waals surface area contributed by atoms with E-state index in [0.29, 0.717) is 6.04 Å². The van der Waals surface area contributed by atoms with Crippen molar-refractivity contribution in [2.75, 3.05) is 13.1 Å². The zero-order valence-corrected chi connectivity index (χ0v) is 8.84. The van der Waals surface area contributed by atoms with E-state index in [1.165, 1.54) is 18.7 Å². The molecule has 0 radical (unpaired) electrons. The minimum absolute atomic E-state index is 0.0224. The molecule has 0 spiro atoms. The molecule has 1 aromatic carbocycles. The van der Waals surface area contributed by atoms with Crippen molar-refractivity contribution < 1.29 is 5.11 Å². The molecule has 80 valence electrons. The number of hydrogen-bond acceptors (Lipinski definition) is 2. The van der Waals surface area contributed by atoms with Crippen LogP contribution in [0.1, 0.15) is 24.3 Å². The van der Waals surface area contributed by atoms with E-state index >= 15 is 0 Å². The molecular formula is C13H17NO. The highest BCUT2D eigenvalue weighted by Gasteiger charge is 2.39. The molecule has 0 bridgehead atoms. The van der Waals surface area contributed by atoms with Gasteiger partial charge in [0, 0.05) is 25.0 Å². The molecule has 2 fully saturated rings. The molecule has 0 amide bonds. The van der Waals surface area contributed by atoms with Crippen LogP contribution in [-0.4, -0.2) is 35.2 Å². The second-order valence-electron chi connectivity index (χ2n) is 4.84. The summed E-state index contributed by atoms with van der Waals surface area (Å²) in [6.45, 7) is 2.36. The maximum absolute atomic E-state index is 9.24. The van der Waals surface area contributed by atoms with Crippen LogP contribution in [0.3, 0.4) is 0 Å². The van der Waals surface area contributed by atoms with E-state index in [2.05, 4.69) is 35.2 Å². The molecule has 1 heterocycles. The summed E-state index contributed by atoms with van der Waals surface area (Å²) in [6.07, 6.45) is 1.95. The van der Waals surface area contributed by atoms with Gasteiger partial charge in [-0.15, -0.1) is 0 Å². The molecule has 2 aliphatic rings. The molecule has 15 heavy (non-hydrogen) atoms. The van der Waals surface area contributed by atoms with E-state index < -0.39 is 0 Å². The van der Waals surface area contributed by atoms with Gasteiger partial charge in [0.1, 0.15) is 0 Å². The predicted octanol–water partition coefficient (Wildman–Crippen LogP) is 1.61. The molecule has 0 unspecified atom stereocenters. The van der Waals surface area contributed by atoms with Crippen LogP contribution < -0.4 is 0 Å². The lowest BCUT2D eigenvalue weighted by Gasteiger charge is -2.49. The molecule has 0 aromatic heterocycles. The Morgan fingerprint density at radius 2 is 1.73 bits per heavy atom. The molecule has 1 aliphatic heterocycles. The zero-order valence-electron chi connectivity index (χ0n) is 8.84. The van der Waals surface area contributed by atoms with Crippen LogP contribution in [0.25, 0.3) is 0 Å². The third-order valence-corrected chi connectivity index (χ3v) is 3.79.